The summed E-state index contributed by atoms with van der Waals surface area (Å²) in [4.78, 5) is 0. The molecule has 3 nitrogen and oxygen atoms in total. The molecular weight excluding hydrogens is 320 g/mol. The number of halogens is 1. The van der Waals surface area contributed by atoms with Crippen LogP contribution in [0.4, 0.5) is 0 Å². The van der Waals surface area contributed by atoms with E-state index in [-0.39, 0.29) is 11.7 Å². The van der Waals surface area contributed by atoms with Gasteiger partial charge in [0.25, 0.3) is 0 Å². The Kier molecular flexibility index (Phi) is 4.07. The van der Waals surface area contributed by atoms with Crippen LogP contribution in [0.15, 0.2) is 22.7 Å². The molecule has 2 atom stereocenters. The molecule has 0 bridgehead atoms. The Morgan fingerprint density at radius 3 is 2.90 bits per heavy atom. The Hall–Kier alpha value is -0.580. The molecule has 1 N–H and O–H groups in total. The highest BCUT2D eigenvalue weighted by molar-refractivity contribution is 9.10. The average Bonchev–Trinajstić information content (AvgIpc) is 2.37. The Morgan fingerprint density at radius 2 is 2.25 bits per heavy atom. The van der Waals surface area contributed by atoms with E-state index in [0.29, 0.717) is 0 Å². The Labute approximate surface area is 128 Å². The maximum Gasteiger partial charge on any atom is 0.126 e. The molecule has 2 aliphatic rings. The van der Waals surface area contributed by atoms with Crippen LogP contribution in [0.3, 0.4) is 0 Å². The standard InChI is InChI=1S/C16H21BrO3/c1-11(18)14-4-3-12(17)9-15(14)20-13-5-8-19-16(10-13)6-2-7-16/h3-4,9,11,13,18H,2,5-8,10H2,1H3/t11-,13?/m1/s1. The smallest absolute Gasteiger partial charge is 0.126 e. The Bertz CT molecular complexity index is 483. The summed E-state index contributed by atoms with van der Waals surface area (Å²) in [6.45, 7) is 2.55. The van der Waals surface area contributed by atoms with Crippen molar-refractivity contribution in [2.75, 3.05) is 6.61 Å². The molecule has 1 aromatic rings. The highest BCUT2D eigenvalue weighted by Crippen LogP contribution is 2.43. The zero-order valence-corrected chi connectivity index (χ0v) is 13.4. The van der Waals surface area contributed by atoms with Crippen molar-refractivity contribution in [3.8, 4) is 5.75 Å². The SMILES string of the molecule is C[C@@H](O)c1ccc(Br)cc1OC1CCOC2(CCC2)C1. The van der Waals surface area contributed by atoms with Crippen LogP contribution in [-0.2, 0) is 4.74 Å². The molecule has 1 heterocycles. The molecule has 1 aliphatic carbocycles. The summed E-state index contributed by atoms with van der Waals surface area (Å²) < 4.78 is 13.1. The quantitative estimate of drug-likeness (QED) is 0.904. The monoisotopic (exact) mass is 340 g/mol. The van der Waals surface area contributed by atoms with Gasteiger partial charge in [-0.25, -0.2) is 0 Å². The predicted molar refractivity (Wildman–Crippen MR) is 81.0 cm³/mol. The molecule has 2 fully saturated rings. The van der Waals surface area contributed by atoms with Crippen LogP contribution >= 0.6 is 15.9 Å². The van der Waals surface area contributed by atoms with Crippen molar-refractivity contribution in [2.24, 2.45) is 0 Å². The van der Waals surface area contributed by atoms with Gasteiger partial charge in [-0.05, 0) is 38.3 Å². The molecule has 110 valence electrons. The van der Waals surface area contributed by atoms with Gasteiger partial charge in [-0.3, -0.25) is 0 Å². The summed E-state index contributed by atoms with van der Waals surface area (Å²) in [6.07, 6.45) is 5.16. The molecule has 0 aromatic heterocycles. The summed E-state index contributed by atoms with van der Waals surface area (Å²) in [5.41, 5.74) is 0.933. The van der Waals surface area contributed by atoms with E-state index in [1.54, 1.807) is 6.92 Å². The first-order valence-electron chi connectivity index (χ1n) is 7.36. The number of hydrogen-bond donors (Lipinski definition) is 1. The minimum absolute atomic E-state index is 0.0833. The molecule has 4 heteroatoms. The second-order valence-corrected chi connectivity index (χ2v) is 6.89. The van der Waals surface area contributed by atoms with Crippen molar-refractivity contribution in [3.05, 3.63) is 28.2 Å². The Morgan fingerprint density at radius 1 is 1.45 bits per heavy atom. The largest absolute Gasteiger partial charge is 0.490 e. The summed E-state index contributed by atoms with van der Waals surface area (Å²) in [5.74, 6) is 0.788. The molecule has 1 aromatic carbocycles. The first kappa shape index (κ1) is 14.4. The van der Waals surface area contributed by atoms with Gasteiger partial charge in [0.2, 0.25) is 0 Å². The van der Waals surface area contributed by atoms with Gasteiger partial charge in [-0.2, -0.15) is 0 Å². The van der Waals surface area contributed by atoms with Gasteiger partial charge in [0, 0.05) is 22.9 Å². The van der Waals surface area contributed by atoms with Gasteiger partial charge in [0.1, 0.15) is 11.9 Å². The fraction of sp³-hybridized carbons (Fsp3) is 0.625. The van der Waals surface area contributed by atoms with Crippen molar-refractivity contribution in [2.45, 2.75) is 56.8 Å². The molecule has 0 radical (unpaired) electrons. The van der Waals surface area contributed by atoms with Crippen molar-refractivity contribution >= 4 is 15.9 Å². The second-order valence-electron chi connectivity index (χ2n) is 5.98. The number of ether oxygens (including phenoxy) is 2. The number of hydrogen-bond acceptors (Lipinski definition) is 3. The number of aliphatic hydroxyl groups excluding tert-OH is 1. The summed E-state index contributed by atoms with van der Waals surface area (Å²) in [7, 11) is 0. The summed E-state index contributed by atoms with van der Waals surface area (Å²) >= 11 is 3.47. The number of rotatable bonds is 3. The molecule has 1 aliphatic heterocycles. The van der Waals surface area contributed by atoms with Crippen molar-refractivity contribution < 1.29 is 14.6 Å². The van der Waals surface area contributed by atoms with Crippen LogP contribution in [0.2, 0.25) is 0 Å². The molecule has 1 spiro atoms. The third-order valence-corrected chi connectivity index (χ3v) is 4.93. The fourth-order valence-corrected chi connectivity index (χ4v) is 3.48. The first-order chi connectivity index (χ1) is 9.58. The zero-order valence-electron chi connectivity index (χ0n) is 11.8. The van der Waals surface area contributed by atoms with E-state index < -0.39 is 6.10 Å². The van der Waals surface area contributed by atoms with Gasteiger partial charge in [0.15, 0.2) is 0 Å². The average molecular weight is 341 g/mol. The van der Waals surface area contributed by atoms with Crippen LogP contribution < -0.4 is 4.74 Å². The maximum atomic E-state index is 9.86. The lowest BCUT2D eigenvalue weighted by atomic mass is 9.74. The van der Waals surface area contributed by atoms with Crippen LogP contribution in [0.5, 0.6) is 5.75 Å². The normalized spacial score (nSPS) is 26.1. The van der Waals surface area contributed by atoms with Crippen LogP contribution in [0.25, 0.3) is 0 Å². The number of benzene rings is 1. The van der Waals surface area contributed by atoms with E-state index >= 15 is 0 Å². The minimum atomic E-state index is -0.518. The second kappa shape index (κ2) is 5.66. The topological polar surface area (TPSA) is 38.7 Å². The van der Waals surface area contributed by atoms with Crippen molar-refractivity contribution in [1.29, 1.82) is 0 Å². The third-order valence-electron chi connectivity index (χ3n) is 4.43. The predicted octanol–water partition coefficient (Wildman–Crippen LogP) is 3.98. The van der Waals surface area contributed by atoms with Gasteiger partial charge >= 0.3 is 0 Å². The lowest BCUT2D eigenvalue weighted by Crippen LogP contribution is -2.48. The lowest BCUT2D eigenvalue weighted by Gasteiger charge is -2.47. The van der Waals surface area contributed by atoms with Crippen LogP contribution in [-0.4, -0.2) is 23.4 Å². The van der Waals surface area contributed by atoms with Gasteiger partial charge < -0.3 is 14.6 Å². The Balaban J connectivity index is 1.75. The fourth-order valence-electron chi connectivity index (χ4n) is 3.14. The van der Waals surface area contributed by atoms with E-state index in [9.17, 15) is 5.11 Å². The third kappa shape index (κ3) is 2.87. The maximum absolute atomic E-state index is 9.86. The lowest BCUT2D eigenvalue weighted by molar-refractivity contribution is -0.153. The minimum Gasteiger partial charge on any atom is -0.490 e. The number of aliphatic hydroxyl groups is 1. The molecule has 1 unspecified atom stereocenters. The van der Waals surface area contributed by atoms with Crippen LogP contribution in [0, 0.1) is 0 Å². The highest BCUT2D eigenvalue weighted by atomic mass is 79.9. The van der Waals surface area contributed by atoms with E-state index in [0.717, 1.165) is 48.1 Å². The summed E-state index contributed by atoms with van der Waals surface area (Å²) in [5, 5.41) is 9.86. The molecule has 3 rings (SSSR count). The molecule has 1 saturated heterocycles. The van der Waals surface area contributed by atoms with E-state index in [1.165, 1.54) is 6.42 Å². The van der Waals surface area contributed by atoms with Crippen molar-refractivity contribution in [1.82, 2.24) is 0 Å². The van der Waals surface area contributed by atoms with Crippen LogP contribution in [0.1, 0.15) is 50.7 Å². The van der Waals surface area contributed by atoms with Gasteiger partial charge in [0.05, 0.1) is 18.3 Å². The summed E-state index contributed by atoms with van der Waals surface area (Å²) in [6, 6.07) is 5.81. The van der Waals surface area contributed by atoms with Crippen molar-refractivity contribution in [3.63, 3.8) is 0 Å². The molecule has 20 heavy (non-hydrogen) atoms. The highest BCUT2D eigenvalue weighted by Gasteiger charge is 2.43. The molecule has 1 saturated carbocycles. The van der Waals surface area contributed by atoms with E-state index in [4.69, 9.17) is 9.47 Å². The first-order valence-corrected chi connectivity index (χ1v) is 8.15. The molecule has 0 amide bonds. The molecular formula is C16H21BrO3. The van der Waals surface area contributed by atoms with E-state index in [1.807, 2.05) is 18.2 Å². The van der Waals surface area contributed by atoms with Gasteiger partial charge in [-0.1, -0.05) is 22.0 Å². The zero-order chi connectivity index (χ0) is 14.2. The van der Waals surface area contributed by atoms with Gasteiger partial charge in [-0.15, -0.1) is 0 Å². The van der Waals surface area contributed by atoms with E-state index in [2.05, 4.69) is 15.9 Å².